The summed E-state index contributed by atoms with van der Waals surface area (Å²) in [6.07, 6.45) is 7.02. The van der Waals surface area contributed by atoms with Crippen molar-refractivity contribution in [3.63, 3.8) is 0 Å². The molecule has 3 heteroatoms. The van der Waals surface area contributed by atoms with E-state index in [1.807, 2.05) is 6.92 Å². The molecule has 1 unspecified atom stereocenters. The van der Waals surface area contributed by atoms with Crippen molar-refractivity contribution in [2.75, 3.05) is 0 Å². The summed E-state index contributed by atoms with van der Waals surface area (Å²) in [6, 6.07) is 0.0963. The van der Waals surface area contributed by atoms with Crippen LogP contribution in [0.2, 0.25) is 0 Å². The highest BCUT2D eigenvalue weighted by atomic mass is 16.4. The van der Waals surface area contributed by atoms with Gasteiger partial charge in [-0.2, -0.15) is 0 Å². The first-order valence-corrected chi connectivity index (χ1v) is 4.85. The molecule has 0 spiro atoms. The highest BCUT2D eigenvalue weighted by molar-refractivity contribution is 5.64. The van der Waals surface area contributed by atoms with Gasteiger partial charge in [0.15, 0.2) is 0 Å². The van der Waals surface area contributed by atoms with E-state index in [1.54, 1.807) is 0 Å². The standard InChI is InChI=1S/C10H19NO2/c1-3-5-6-7-8-9(4-2)11-10(12)13/h5-6,9,11H,3-4,7-8H2,1-2H3,(H,12,13). The Morgan fingerprint density at radius 3 is 2.62 bits per heavy atom. The number of hydrogen-bond donors (Lipinski definition) is 2. The molecule has 0 aromatic heterocycles. The first-order valence-electron chi connectivity index (χ1n) is 4.85. The van der Waals surface area contributed by atoms with Crippen LogP contribution in [0.15, 0.2) is 12.2 Å². The van der Waals surface area contributed by atoms with E-state index in [2.05, 4.69) is 24.4 Å². The van der Waals surface area contributed by atoms with Gasteiger partial charge in [-0.25, -0.2) is 4.79 Å². The van der Waals surface area contributed by atoms with Gasteiger partial charge in [-0.15, -0.1) is 0 Å². The normalized spacial score (nSPS) is 13.1. The van der Waals surface area contributed by atoms with Crippen molar-refractivity contribution in [2.45, 2.75) is 45.6 Å². The fourth-order valence-electron chi connectivity index (χ4n) is 1.13. The second-order valence-corrected chi connectivity index (χ2v) is 3.01. The summed E-state index contributed by atoms with van der Waals surface area (Å²) < 4.78 is 0. The molecule has 0 radical (unpaired) electrons. The predicted octanol–water partition coefficient (Wildman–Crippen LogP) is 2.78. The molecule has 0 aliphatic carbocycles. The second kappa shape index (κ2) is 7.65. The minimum atomic E-state index is -0.925. The molecule has 0 saturated heterocycles. The molecule has 1 amide bonds. The number of nitrogens with one attached hydrogen (secondary N) is 1. The van der Waals surface area contributed by atoms with Crippen LogP contribution in [0.1, 0.15) is 39.5 Å². The maximum Gasteiger partial charge on any atom is 0.404 e. The maximum atomic E-state index is 10.3. The average Bonchev–Trinajstić information content (AvgIpc) is 2.09. The molecular weight excluding hydrogens is 166 g/mol. The van der Waals surface area contributed by atoms with Gasteiger partial charge < -0.3 is 10.4 Å². The van der Waals surface area contributed by atoms with Gasteiger partial charge in [0.05, 0.1) is 0 Å². The Balaban J connectivity index is 3.59. The fourth-order valence-corrected chi connectivity index (χ4v) is 1.13. The quantitative estimate of drug-likeness (QED) is 0.625. The number of carboxylic acid groups (broad SMARTS) is 1. The van der Waals surface area contributed by atoms with Crippen LogP contribution in [0.25, 0.3) is 0 Å². The molecule has 2 N–H and O–H groups in total. The lowest BCUT2D eigenvalue weighted by molar-refractivity contribution is 0.188. The van der Waals surface area contributed by atoms with Crippen LogP contribution in [0.5, 0.6) is 0 Å². The van der Waals surface area contributed by atoms with Crippen molar-refractivity contribution in [2.24, 2.45) is 0 Å². The number of carbonyl (C=O) groups is 1. The molecule has 0 rings (SSSR count). The van der Waals surface area contributed by atoms with E-state index in [4.69, 9.17) is 5.11 Å². The van der Waals surface area contributed by atoms with Crippen molar-refractivity contribution >= 4 is 6.09 Å². The van der Waals surface area contributed by atoms with Gasteiger partial charge in [0.1, 0.15) is 0 Å². The maximum absolute atomic E-state index is 10.3. The molecule has 0 aromatic carbocycles. The van der Waals surface area contributed by atoms with Gasteiger partial charge in [0.25, 0.3) is 0 Å². The van der Waals surface area contributed by atoms with Crippen LogP contribution in [0.3, 0.4) is 0 Å². The summed E-state index contributed by atoms with van der Waals surface area (Å²) in [5.74, 6) is 0. The Morgan fingerprint density at radius 2 is 2.15 bits per heavy atom. The molecule has 13 heavy (non-hydrogen) atoms. The zero-order valence-electron chi connectivity index (χ0n) is 8.42. The molecule has 0 bridgehead atoms. The summed E-state index contributed by atoms with van der Waals surface area (Å²) in [5.41, 5.74) is 0. The minimum Gasteiger partial charge on any atom is -0.465 e. The van der Waals surface area contributed by atoms with Gasteiger partial charge in [-0.1, -0.05) is 26.0 Å². The SMILES string of the molecule is CCC=CCCC(CC)NC(=O)O. The lowest BCUT2D eigenvalue weighted by Crippen LogP contribution is -2.32. The molecule has 0 heterocycles. The molecule has 1 atom stereocenters. The first-order chi connectivity index (χ1) is 6.20. The summed E-state index contributed by atoms with van der Waals surface area (Å²) in [7, 11) is 0. The van der Waals surface area contributed by atoms with Crippen LogP contribution in [-0.2, 0) is 0 Å². The smallest absolute Gasteiger partial charge is 0.404 e. The van der Waals surface area contributed by atoms with Crippen LogP contribution in [0.4, 0.5) is 4.79 Å². The second-order valence-electron chi connectivity index (χ2n) is 3.01. The first kappa shape index (κ1) is 12.0. The van der Waals surface area contributed by atoms with E-state index in [9.17, 15) is 4.79 Å². The van der Waals surface area contributed by atoms with E-state index in [1.165, 1.54) is 0 Å². The van der Waals surface area contributed by atoms with E-state index < -0.39 is 6.09 Å². The lowest BCUT2D eigenvalue weighted by atomic mass is 10.1. The van der Waals surface area contributed by atoms with Crippen LogP contribution in [0, 0.1) is 0 Å². The molecule has 0 saturated carbocycles. The number of amides is 1. The van der Waals surface area contributed by atoms with Gasteiger partial charge >= 0.3 is 6.09 Å². The van der Waals surface area contributed by atoms with E-state index in [0.29, 0.717) is 0 Å². The largest absolute Gasteiger partial charge is 0.465 e. The third-order valence-corrected chi connectivity index (χ3v) is 1.90. The fraction of sp³-hybridized carbons (Fsp3) is 0.700. The molecule has 76 valence electrons. The number of allylic oxidation sites excluding steroid dienone is 2. The average molecular weight is 185 g/mol. The molecule has 3 nitrogen and oxygen atoms in total. The highest BCUT2D eigenvalue weighted by Gasteiger charge is 2.06. The summed E-state index contributed by atoms with van der Waals surface area (Å²) in [4.78, 5) is 10.3. The Morgan fingerprint density at radius 1 is 1.46 bits per heavy atom. The summed E-state index contributed by atoms with van der Waals surface area (Å²) >= 11 is 0. The van der Waals surface area contributed by atoms with Crippen molar-refractivity contribution in [1.82, 2.24) is 5.32 Å². The van der Waals surface area contributed by atoms with Crippen LogP contribution in [-0.4, -0.2) is 17.2 Å². The third kappa shape index (κ3) is 7.37. The Bertz CT molecular complexity index is 166. The zero-order valence-corrected chi connectivity index (χ0v) is 8.42. The van der Waals surface area contributed by atoms with Crippen molar-refractivity contribution in [3.8, 4) is 0 Å². The molecular formula is C10H19NO2. The number of hydrogen-bond acceptors (Lipinski definition) is 1. The lowest BCUT2D eigenvalue weighted by Gasteiger charge is -2.12. The highest BCUT2D eigenvalue weighted by Crippen LogP contribution is 2.02. The van der Waals surface area contributed by atoms with Gasteiger partial charge in [0.2, 0.25) is 0 Å². The molecule has 0 fully saturated rings. The van der Waals surface area contributed by atoms with Crippen molar-refractivity contribution in [1.29, 1.82) is 0 Å². The summed E-state index contributed by atoms with van der Waals surface area (Å²) in [6.45, 7) is 4.08. The predicted molar refractivity (Wildman–Crippen MR) is 53.9 cm³/mol. The Labute approximate surface area is 79.8 Å². The molecule has 0 aromatic rings. The number of rotatable bonds is 6. The summed E-state index contributed by atoms with van der Waals surface area (Å²) in [5, 5.41) is 11.0. The van der Waals surface area contributed by atoms with Crippen LogP contribution >= 0.6 is 0 Å². The minimum absolute atomic E-state index is 0.0963. The molecule has 0 aliphatic heterocycles. The molecule has 0 aliphatic rings. The van der Waals surface area contributed by atoms with E-state index in [-0.39, 0.29) is 6.04 Å². The van der Waals surface area contributed by atoms with Gasteiger partial charge in [-0.3, -0.25) is 0 Å². The van der Waals surface area contributed by atoms with E-state index in [0.717, 1.165) is 25.7 Å². The van der Waals surface area contributed by atoms with Gasteiger partial charge in [0, 0.05) is 6.04 Å². The van der Waals surface area contributed by atoms with Crippen molar-refractivity contribution in [3.05, 3.63) is 12.2 Å². The third-order valence-electron chi connectivity index (χ3n) is 1.90. The topological polar surface area (TPSA) is 49.3 Å². The van der Waals surface area contributed by atoms with E-state index >= 15 is 0 Å². The zero-order chi connectivity index (χ0) is 10.1. The van der Waals surface area contributed by atoms with Crippen LogP contribution < -0.4 is 5.32 Å². The Hall–Kier alpha value is -0.990. The van der Waals surface area contributed by atoms with Crippen molar-refractivity contribution < 1.29 is 9.90 Å². The Kier molecular flexibility index (Phi) is 7.07. The monoisotopic (exact) mass is 185 g/mol. The van der Waals surface area contributed by atoms with Gasteiger partial charge in [-0.05, 0) is 25.7 Å².